The van der Waals surface area contributed by atoms with E-state index in [0.29, 0.717) is 83.0 Å². The first-order valence-electron chi connectivity index (χ1n) is 46.8. The molecule has 0 aromatic heterocycles. The maximum absolute atomic E-state index is 12.3. The minimum Gasteiger partial charge on any atom is -0.756 e. The third kappa shape index (κ3) is 31.3. The van der Waals surface area contributed by atoms with Crippen LogP contribution in [0, 0.1) is 5.92 Å². The molecule has 13 fully saturated rings. The highest BCUT2D eigenvalue weighted by atomic mass is 31.2. The van der Waals surface area contributed by atoms with Gasteiger partial charge in [0.25, 0.3) is 46.9 Å². The first-order valence-corrected chi connectivity index (χ1v) is 55.6. The molecule has 20 unspecified atom stereocenters. The zero-order chi connectivity index (χ0) is 97.3. The van der Waals surface area contributed by atoms with Crippen LogP contribution < -0.4 is 35.1 Å². The fourth-order valence-corrected chi connectivity index (χ4v) is 29.1. The Morgan fingerprint density at radius 2 is 0.550 bits per heavy atom. The minimum absolute atomic E-state index is 0.0303. The molecular weight excluding hydrogens is 1810 g/mol. The lowest BCUT2D eigenvalue weighted by Crippen LogP contribution is -2.46. The van der Waals surface area contributed by atoms with Gasteiger partial charge >= 0.3 is 0 Å². The van der Waals surface area contributed by atoms with Crippen molar-refractivity contribution in [2.45, 2.75) is 546 Å². The van der Waals surface area contributed by atoms with Crippen molar-refractivity contribution < 1.29 is 168 Å². The van der Waals surface area contributed by atoms with Crippen molar-refractivity contribution in [3.8, 4) is 0 Å². The van der Waals surface area contributed by atoms with Crippen molar-refractivity contribution in [1.29, 1.82) is 0 Å². The lowest BCUT2D eigenvalue weighted by atomic mass is 9.91. The first kappa shape index (κ1) is 114. The molecule has 32 atom stereocenters. The summed E-state index contributed by atoms with van der Waals surface area (Å²) in [4.78, 5) is 72.7. The van der Waals surface area contributed by atoms with Crippen LogP contribution in [0.25, 0.3) is 0 Å². The number of ether oxygens (including phenoxy) is 12. The normalized spacial score (nSPS) is 40.4. The smallest absolute Gasteiger partial charge is 0.269 e. The molecule has 13 aliphatic rings. The summed E-state index contributed by atoms with van der Waals surface area (Å²) >= 11 is 0. The molecule has 0 bridgehead atoms. The number of hydrogen-bond acceptors (Lipinski definition) is 37. The molecule has 129 heavy (non-hydrogen) atoms. The number of phosphoric acid groups is 6. The molecule has 37 nitrogen and oxygen atoms in total. The van der Waals surface area contributed by atoms with Crippen LogP contribution in [-0.4, -0.2) is 222 Å². The van der Waals surface area contributed by atoms with E-state index in [9.17, 15) is 56.8 Å². The van der Waals surface area contributed by atoms with Gasteiger partial charge < -0.3 is 146 Å². The Balaban J connectivity index is 0.000000191. The van der Waals surface area contributed by atoms with E-state index in [2.05, 4.69) is 0 Å². The fourth-order valence-electron chi connectivity index (χ4n) is 21.3. The van der Waals surface area contributed by atoms with Crippen molar-refractivity contribution in [3.63, 3.8) is 0 Å². The van der Waals surface area contributed by atoms with Crippen LogP contribution in [-0.2, 0) is 139 Å². The number of phosphoric ester groups is 6. The second-order valence-electron chi connectivity index (χ2n) is 41.8. The van der Waals surface area contributed by atoms with Gasteiger partial charge in [0.2, 0.25) is 0 Å². The largest absolute Gasteiger partial charge is 0.756 e. The van der Waals surface area contributed by atoms with E-state index in [4.69, 9.17) is 117 Å². The monoisotopic (exact) mass is 1970 g/mol. The standard InChI is InChI=1S/C15H27O6P.C15H29O6P.C14H28NO6P.3C14H27O6P/c1-9(2)19-15-8-12(15)7-14(6-11(5)18-13(14)15)21-22(16,17)20-10(3)4;1-10(2)18-12-7-8-15(9-11(3)19-13(12)15)21-22(16,17)20-14(4,5)6;1-8(2)18-12-11(15)7-14(6-10(5)19-13(12)14)21-22(16,17)20-9(3)4;3*1-9(2)17-12-6-7-14(8-11(5)18-13(12)14)20-21(15,16)19-10(3)4/h9-13H,6-8H2,1-5H3,(H,16,17);10-13H,7-9H2,1-6H3,(H,16,17);8-13H,6-7,15H2,1-5H3,(H,16,17);3*9-13H,6-8H2,1-5H3,(H,15,16)/p-6/t11-,12?,13?,14?,15+;11-,12-,13?,15?;10-,11+,12+,13?,14?;11?,12-,13?,14?;2*11-,12+,13?,14?/m000100/s1. The summed E-state index contributed by atoms with van der Waals surface area (Å²) in [6.07, 6.45) is 5.00. The maximum Gasteiger partial charge on any atom is 0.269 e. The van der Waals surface area contributed by atoms with Crippen molar-refractivity contribution >= 4 is 46.9 Å². The van der Waals surface area contributed by atoms with E-state index in [0.717, 1.165) is 32.1 Å². The summed E-state index contributed by atoms with van der Waals surface area (Å²) < 4.78 is 206. The molecule has 6 aliphatic heterocycles. The van der Waals surface area contributed by atoms with Gasteiger partial charge in [0.05, 0.1) is 134 Å². The van der Waals surface area contributed by atoms with Crippen LogP contribution in [0.15, 0.2) is 0 Å². The van der Waals surface area contributed by atoms with Crippen LogP contribution in [0.4, 0.5) is 0 Å². The molecule has 6 saturated heterocycles. The molecular formula is C86H159NO36P6-6. The quantitative estimate of drug-likeness (QED) is 0.0576. The maximum atomic E-state index is 12.3. The summed E-state index contributed by atoms with van der Waals surface area (Å²) in [6.45, 7) is 56.7. The predicted molar refractivity (Wildman–Crippen MR) is 465 cm³/mol. The molecule has 43 heteroatoms. The summed E-state index contributed by atoms with van der Waals surface area (Å²) in [7, 11) is -26.3. The Bertz CT molecular complexity index is 3640. The molecule has 2 N–H and O–H groups in total. The van der Waals surface area contributed by atoms with E-state index in [1.807, 2.05) is 125 Å². The van der Waals surface area contributed by atoms with Gasteiger partial charge in [0.1, 0.15) is 81.9 Å². The SMILES string of the molecule is CC(C)O[C@@H]1CCC2(OP(=O)([O-])OC(C)C)CC(C)OC12.CC(C)O[C@@H]1CCC2(OP(=O)([O-])OC(C)C)C[C@H](C)OC12.CC(C)O[C@@H]1CCC2(OP(=O)([O-])OC(C)C)C[C@H](C)OC12.CC(C)O[C@H]1C2O[C@@H](C)CC2(OP(=O)([O-])OC(C)C)C[C@H]1N.CC(C)O[C@H]1CCC2(OP(=O)([O-])OC(C)(C)C)C[C@H](C)OC12.CC(C)O[C@]12CC1CC1(OP(=O)([O-])OC(C)C)C[C@H](C)OC12. The molecule has 0 spiro atoms. The van der Waals surface area contributed by atoms with Crippen LogP contribution in [0.5, 0.6) is 0 Å². The third-order valence-corrected chi connectivity index (χ3v) is 31.5. The van der Waals surface area contributed by atoms with Gasteiger partial charge in [-0.2, -0.15) is 0 Å². The molecule has 7 aliphatic carbocycles. The van der Waals surface area contributed by atoms with E-state index in [1.165, 1.54) is 0 Å². The fraction of sp³-hybridized carbons (Fsp3) is 1.00. The highest BCUT2D eigenvalue weighted by molar-refractivity contribution is 7.47. The Morgan fingerprint density at radius 1 is 0.302 bits per heavy atom. The third-order valence-electron chi connectivity index (χ3n) is 23.8. The summed E-state index contributed by atoms with van der Waals surface area (Å²) in [5.41, 5.74) is -0.257. The van der Waals surface area contributed by atoms with Crippen molar-refractivity contribution in [1.82, 2.24) is 0 Å². The van der Waals surface area contributed by atoms with Crippen LogP contribution in [0.2, 0.25) is 0 Å². The van der Waals surface area contributed by atoms with E-state index < -0.39 is 123 Å². The topological polar surface area (TPSA) is 488 Å². The van der Waals surface area contributed by atoms with Crippen molar-refractivity contribution in [2.24, 2.45) is 11.7 Å². The molecule has 0 radical (unpaired) electrons. The molecule has 0 aromatic carbocycles. The molecule has 6 heterocycles. The van der Waals surface area contributed by atoms with Crippen LogP contribution >= 0.6 is 46.9 Å². The Kier molecular flexibility index (Phi) is 39.7. The van der Waals surface area contributed by atoms with Gasteiger partial charge in [-0.3, -0.25) is 27.4 Å². The van der Waals surface area contributed by atoms with E-state index in [-0.39, 0.29) is 146 Å². The number of fused-ring (bicyclic) bond motifs is 8. The summed E-state index contributed by atoms with van der Waals surface area (Å²) in [6, 6.07) is -0.334. The van der Waals surface area contributed by atoms with Gasteiger partial charge in [-0.15, -0.1) is 0 Å². The molecule has 13 rings (SSSR count). The van der Waals surface area contributed by atoms with E-state index >= 15 is 0 Å². The second-order valence-corrected chi connectivity index (χ2v) is 49.5. The Hall–Kier alpha value is 0.140. The van der Waals surface area contributed by atoms with Gasteiger partial charge in [0, 0.05) is 44.6 Å². The highest BCUT2D eigenvalue weighted by Crippen LogP contribution is 2.71. The second kappa shape index (κ2) is 44.8. The van der Waals surface area contributed by atoms with Gasteiger partial charge in [-0.05, 0) is 291 Å². The number of rotatable bonds is 35. The molecule has 0 aromatic rings. The van der Waals surface area contributed by atoms with Crippen molar-refractivity contribution in [3.05, 3.63) is 0 Å². The van der Waals surface area contributed by atoms with E-state index in [1.54, 1.807) is 90.0 Å². The first-order chi connectivity index (χ1) is 59.0. The molecule has 760 valence electrons. The molecule has 7 saturated carbocycles. The summed E-state index contributed by atoms with van der Waals surface area (Å²) in [5, 5.41) is 0. The Labute approximate surface area is 768 Å². The Morgan fingerprint density at radius 3 is 0.822 bits per heavy atom. The summed E-state index contributed by atoms with van der Waals surface area (Å²) in [5.74, 6) is 0.312. The van der Waals surface area contributed by atoms with Gasteiger partial charge in [-0.25, -0.2) is 0 Å². The average Bonchev–Trinajstić information content (AvgIpc) is 1.50. The van der Waals surface area contributed by atoms with Crippen LogP contribution in [0.1, 0.15) is 324 Å². The minimum atomic E-state index is -4.43. The lowest BCUT2D eigenvalue weighted by Gasteiger charge is -2.38. The number of hydrogen-bond donors (Lipinski definition) is 1. The number of nitrogens with two attached hydrogens (primary N) is 1. The average molecular weight is 1970 g/mol. The van der Waals surface area contributed by atoms with Crippen molar-refractivity contribution in [2.75, 3.05) is 0 Å². The lowest BCUT2D eigenvalue weighted by molar-refractivity contribution is -0.248. The van der Waals surface area contributed by atoms with Gasteiger partial charge in [-0.1, -0.05) is 0 Å². The highest BCUT2D eigenvalue weighted by Gasteiger charge is 2.78. The predicted octanol–water partition coefficient (Wildman–Crippen LogP) is 13.7. The zero-order valence-electron chi connectivity index (χ0n) is 82.3. The zero-order valence-corrected chi connectivity index (χ0v) is 87.7. The molecule has 0 amide bonds. The van der Waals surface area contributed by atoms with Crippen LogP contribution in [0.3, 0.4) is 0 Å². The van der Waals surface area contributed by atoms with Gasteiger partial charge in [0.15, 0.2) is 0 Å².